The second kappa shape index (κ2) is 10.0. The van der Waals surface area contributed by atoms with E-state index in [4.69, 9.17) is 5.73 Å². The van der Waals surface area contributed by atoms with Gasteiger partial charge in [0.2, 0.25) is 5.91 Å². The van der Waals surface area contributed by atoms with Crippen molar-refractivity contribution in [1.82, 2.24) is 4.98 Å². The molecule has 3 nitrogen and oxygen atoms in total. The largest absolute Gasteiger partial charge is 0.370 e. The van der Waals surface area contributed by atoms with Crippen molar-refractivity contribution in [3.05, 3.63) is 101 Å². The van der Waals surface area contributed by atoms with Gasteiger partial charge in [0.1, 0.15) is 0 Å². The third-order valence-electron chi connectivity index (χ3n) is 5.64. The summed E-state index contributed by atoms with van der Waals surface area (Å²) in [6.07, 6.45) is 6.82. The molecule has 2 aromatic carbocycles. The molecule has 29 heavy (non-hydrogen) atoms. The molecule has 2 atom stereocenters. The van der Waals surface area contributed by atoms with Crippen molar-refractivity contribution in [2.45, 2.75) is 45.4 Å². The molecule has 2 unspecified atom stereocenters. The molecule has 0 aliphatic carbocycles. The smallest absolute Gasteiger partial charge is 0.217 e. The number of benzene rings is 2. The number of hydrogen-bond acceptors (Lipinski definition) is 2. The number of carbonyl (C=O) groups is 1. The lowest BCUT2D eigenvalue weighted by molar-refractivity contribution is -0.119. The first kappa shape index (κ1) is 20.8. The van der Waals surface area contributed by atoms with Gasteiger partial charge in [0, 0.05) is 18.8 Å². The Balaban J connectivity index is 1.87. The molecule has 0 aliphatic heterocycles. The van der Waals surface area contributed by atoms with Gasteiger partial charge in [-0.1, -0.05) is 65.7 Å². The molecule has 3 rings (SSSR count). The van der Waals surface area contributed by atoms with E-state index in [1.807, 2.05) is 12.3 Å². The Labute approximate surface area is 174 Å². The minimum Gasteiger partial charge on any atom is -0.370 e. The van der Waals surface area contributed by atoms with Crippen molar-refractivity contribution in [3.63, 3.8) is 0 Å². The van der Waals surface area contributed by atoms with Crippen LogP contribution in [0.5, 0.6) is 0 Å². The number of nitrogens with zero attached hydrogens (tertiary/aromatic N) is 1. The lowest BCUT2D eigenvalue weighted by atomic mass is 9.77. The second-order valence-electron chi connectivity index (χ2n) is 8.04. The summed E-state index contributed by atoms with van der Waals surface area (Å²) in [7, 11) is 0. The van der Waals surface area contributed by atoms with Gasteiger partial charge in [-0.2, -0.15) is 0 Å². The van der Waals surface area contributed by atoms with Crippen LogP contribution in [0.2, 0.25) is 0 Å². The topological polar surface area (TPSA) is 56.0 Å². The third kappa shape index (κ3) is 6.28. The quantitative estimate of drug-likeness (QED) is 0.553. The van der Waals surface area contributed by atoms with Crippen molar-refractivity contribution < 1.29 is 4.79 Å². The molecule has 0 saturated heterocycles. The van der Waals surface area contributed by atoms with Crippen LogP contribution < -0.4 is 5.73 Å². The van der Waals surface area contributed by atoms with Gasteiger partial charge in [-0.25, -0.2) is 0 Å². The Morgan fingerprint density at radius 1 is 0.931 bits per heavy atom. The molecule has 0 aliphatic rings. The van der Waals surface area contributed by atoms with E-state index in [9.17, 15) is 4.79 Å². The van der Waals surface area contributed by atoms with Crippen molar-refractivity contribution >= 4 is 5.91 Å². The summed E-state index contributed by atoms with van der Waals surface area (Å²) in [5, 5.41) is 0. The van der Waals surface area contributed by atoms with E-state index >= 15 is 0 Å². The first-order chi connectivity index (χ1) is 14.0. The predicted octanol–water partition coefficient (Wildman–Crippen LogP) is 5.15. The molecule has 150 valence electrons. The molecule has 1 heterocycles. The van der Waals surface area contributed by atoms with Gasteiger partial charge in [-0.05, 0) is 67.7 Å². The fourth-order valence-electron chi connectivity index (χ4n) is 3.95. The van der Waals surface area contributed by atoms with E-state index in [1.165, 1.54) is 27.8 Å². The van der Waals surface area contributed by atoms with Crippen molar-refractivity contribution in [2.24, 2.45) is 11.7 Å². The first-order valence-corrected chi connectivity index (χ1v) is 10.3. The minimum atomic E-state index is -0.234. The Hall–Kier alpha value is -2.94. The normalized spacial score (nSPS) is 13.0. The lowest BCUT2D eigenvalue weighted by Gasteiger charge is -2.27. The predicted molar refractivity (Wildman–Crippen MR) is 119 cm³/mol. The maximum atomic E-state index is 11.9. The van der Waals surface area contributed by atoms with Gasteiger partial charge in [-0.3, -0.25) is 9.78 Å². The third-order valence-corrected chi connectivity index (χ3v) is 5.64. The van der Waals surface area contributed by atoms with Gasteiger partial charge >= 0.3 is 0 Å². The fraction of sp³-hybridized carbons (Fsp3) is 0.308. The first-order valence-electron chi connectivity index (χ1n) is 10.3. The highest BCUT2D eigenvalue weighted by Gasteiger charge is 2.25. The number of amides is 1. The number of nitrogens with two attached hydrogens (primary N) is 1. The van der Waals surface area contributed by atoms with Gasteiger partial charge in [-0.15, -0.1) is 0 Å². The van der Waals surface area contributed by atoms with Crippen molar-refractivity contribution in [2.75, 3.05) is 0 Å². The van der Waals surface area contributed by atoms with Crippen LogP contribution in [0.1, 0.15) is 46.6 Å². The average molecular weight is 387 g/mol. The number of pyridine rings is 1. The molecule has 0 bridgehead atoms. The minimum absolute atomic E-state index is 0.178. The maximum Gasteiger partial charge on any atom is 0.217 e. The van der Waals surface area contributed by atoms with E-state index in [-0.39, 0.29) is 17.7 Å². The van der Waals surface area contributed by atoms with E-state index in [1.54, 1.807) is 6.20 Å². The van der Waals surface area contributed by atoms with Crippen molar-refractivity contribution in [3.8, 4) is 0 Å². The molecule has 0 saturated carbocycles. The van der Waals surface area contributed by atoms with Gasteiger partial charge in [0.05, 0.1) is 0 Å². The van der Waals surface area contributed by atoms with E-state index in [0.717, 1.165) is 19.3 Å². The van der Waals surface area contributed by atoms with E-state index in [2.05, 4.69) is 73.4 Å². The van der Waals surface area contributed by atoms with Crippen LogP contribution in [0.25, 0.3) is 0 Å². The zero-order chi connectivity index (χ0) is 20.6. The Kier molecular flexibility index (Phi) is 7.18. The van der Waals surface area contributed by atoms with Crippen LogP contribution in [0.3, 0.4) is 0 Å². The molecule has 0 radical (unpaired) electrons. The summed E-state index contributed by atoms with van der Waals surface area (Å²) < 4.78 is 0. The number of primary amides is 1. The van der Waals surface area contributed by atoms with Crippen LogP contribution in [0.4, 0.5) is 0 Å². The summed E-state index contributed by atoms with van der Waals surface area (Å²) in [5.41, 5.74) is 11.9. The lowest BCUT2D eigenvalue weighted by Crippen LogP contribution is -2.23. The molecule has 3 aromatic rings. The Morgan fingerprint density at radius 3 is 2.17 bits per heavy atom. The number of hydrogen-bond donors (Lipinski definition) is 1. The summed E-state index contributed by atoms with van der Waals surface area (Å²) in [5.74, 6) is 0.164. The van der Waals surface area contributed by atoms with Crippen molar-refractivity contribution in [1.29, 1.82) is 0 Å². The molecule has 2 N–H and O–H groups in total. The van der Waals surface area contributed by atoms with E-state index in [0.29, 0.717) is 6.42 Å². The van der Waals surface area contributed by atoms with Crippen LogP contribution in [0.15, 0.2) is 73.1 Å². The molecule has 3 heteroatoms. The summed E-state index contributed by atoms with van der Waals surface area (Å²) in [6, 6.07) is 21.4. The number of rotatable bonds is 9. The monoisotopic (exact) mass is 386 g/mol. The highest BCUT2D eigenvalue weighted by atomic mass is 16.1. The Morgan fingerprint density at radius 2 is 1.59 bits per heavy atom. The van der Waals surface area contributed by atoms with Crippen LogP contribution in [0, 0.1) is 19.8 Å². The van der Waals surface area contributed by atoms with Crippen LogP contribution in [-0.2, 0) is 17.6 Å². The molecule has 0 fully saturated rings. The highest BCUT2D eigenvalue weighted by Crippen LogP contribution is 2.34. The van der Waals surface area contributed by atoms with Gasteiger partial charge < -0.3 is 5.73 Å². The molecule has 1 aromatic heterocycles. The summed E-state index contributed by atoms with van der Waals surface area (Å²) >= 11 is 0. The maximum absolute atomic E-state index is 11.9. The molecule has 1 amide bonds. The molecular formula is C26H30N2O. The standard InChI is InChI=1S/C26H30N2O/c1-19-5-9-21(10-6-19)11-14-24(17-26(27)29)25(16-22-4-3-15-28-18-22)23-12-7-20(2)8-13-23/h3-10,12-13,15,18,24-25H,11,14,16-17H2,1-2H3,(H2,27,29). The van der Waals surface area contributed by atoms with Crippen LogP contribution >= 0.6 is 0 Å². The highest BCUT2D eigenvalue weighted by molar-refractivity contribution is 5.74. The SMILES string of the molecule is Cc1ccc(CCC(CC(N)=O)C(Cc2cccnc2)c2ccc(C)cc2)cc1. The average Bonchev–Trinajstić information content (AvgIpc) is 2.72. The fourth-order valence-corrected chi connectivity index (χ4v) is 3.95. The van der Waals surface area contributed by atoms with Crippen LogP contribution in [-0.4, -0.2) is 10.9 Å². The van der Waals surface area contributed by atoms with E-state index < -0.39 is 0 Å². The summed E-state index contributed by atoms with van der Waals surface area (Å²) in [6.45, 7) is 4.19. The molecular weight excluding hydrogens is 356 g/mol. The van der Waals surface area contributed by atoms with Gasteiger partial charge in [0.15, 0.2) is 0 Å². The number of carbonyl (C=O) groups excluding carboxylic acids is 1. The number of aromatic nitrogens is 1. The van der Waals surface area contributed by atoms with Gasteiger partial charge in [0.25, 0.3) is 0 Å². The summed E-state index contributed by atoms with van der Waals surface area (Å²) in [4.78, 5) is 16.2. The zero-order valence-corrected chi connectivity index (χ0v) is 17.3. The number of aryl methyl sites for hydroxylation is 3. The zero-order valence-electron chi connectivity index (χ0n) is 17.3. The Bertz CT molecular complexity index is 902. The second-order valence-corrected chi connectivity index (χ2v) is 8.04. The molecule has 0 spiro atoms.